The average Bonchev–Trinajstić information content (AvgIpc) is 2.42. The van der Waals surface area contributed by atoms with Crippen LogP contribution in [0.15, 0.2) is 30.3 Å². The summed E-state index contributed by atoms with van der Waals surface area (Å²) in [6.07, 6.45) is 0.742. The summed E-state index contributed by atoms with van der Waals surface area (Å²) >= 11 is 0. The minimum absolute atomic E-state index is 0.0886. The van der Waals surface area contributed by atoms with Crippen LogP contribution >= 0.6 is 0 Å². The minimum atomic E-state index is -0.767. The Morgan fingerprint density at radius 2 is 1.90 bits per heavy atom. The fourth-order valence-corrected chi connectivity index (χ4v) is 2.63. The van der Waals surface area contributed by atoms with Crippen LogP contribution in [0.25, 0.3) is 0 Å². The average molecular weight is 279 g/mol. The standard InChI is InChI=1S/C15H21NO4/c1-19-15(20-2)10-16(11-15)13(8-9-14(17)18)12-6-4-3-5-7-12/h3-7,13H,8-11H2,1-2H3,(H,17,18). The summed E-state index contributed by atoms with van der Waals surface area (Å²) in [6.45, 7) is 1.30. The van der Waals surface area contributed by atoms with Crippen molar-refractivity contribution >= 4 is 5.97 Å². The first-order chi connectivity index (χ1) is 9.60. The smallest absolute Gasteiger partial charge is 0.303 e. The number of carboxylic acids is 1. The van der Waals surface area contributed by atoms with E-state index in [2.05, 4.69) is 4.90 Å². The van der Waals surface area contributed by atoms with Gasteiger partial charge in [-0.05, 0) is 12.0 Å². The highest BCUT2D eigenvalue weighted by Gasteiger charge is 2.46. The molecule has 1 N–H and O–H groups in total. The molecule has 1 atom stereocenters. The highest BCUT2D eigenvalue weighted by atomic mass is 16.7. The van der Waals surface area contributed by atoms with E-state index in [-0.39, 0.29) is 12.5 Å². The molecule has 20 heavy (non-hydrogen) atoms. The van der Waals surface area contributed by atoms with Crippen LogP contribution < -0.4 is 0 Å². The first-order valence-corrected chi connectivity index (χ1v) is 6.71. The van der Waals surface area contributed by atoms with Gasteiger partial charge < -0.3 is 14.6 Å². The zero-order chi connectivity index (χ0) is 14.6. The summed E-state index contributed by atoms with van der Waals surface area (Å²) in [7, 11) is 3.27. The van der Waals surface area contributed by atoms with Crippen molar-refractivity contribution in [1.29, 1.82) is 0 Å². The quantitative estimate of drug-likeness (QED) is 0.772. The highest BCUT2D eigenvalue weighted by molar-refractivity contribution is 5.66. The third-order valence-corrected chi connectivity index (χ3v) is 3.89. The monoisotopic (exact) mass is 279 g/mol. The predicted octanol–water partition coefficient (Wildman–Crippen LogP) is 1.90. The van der Waals surface area contributed by atoms with Gasteiger partial charge in [-0.3, -0.25) is 9.69 Å². The van der Waals surface area contributed by atoms with Gasteiger partial charge in [0.25, 0.3) is 0 Å². The molecule has 1 saturated heterocycles. The van der Waals surface area contributed by atoms with Crippen molar-refractivity contribution < 1.29 is 19.4 Å². The second-order valence-corrected chi connectivity index (χ2v) is 5.08. The summed E-state index contributed by atoms with van der Waals surface area (Å²) < 4.78 is 10.8. The number of benzene rings is 1. The summed E-state index contributed by atoms with van der Waals surface area (Å²) in [5.74, 6) is -1.31. The molecule has 1 aromatic rings. The molecule has 1 fully saturated rings. The number of aliphatic carboxylic acids is 1. The Kier molecular flexibility index (Phi) is 4.75. The van der Waals surface area contributed by atoms with Gasteiger partial charge in [0.2, 0.25) is 0 Å². The van der Waals surface area contributed by atoms with E-state index in [1.165, 1.54) is 0 Å². The third kappa shape index (κ3) is 3.17. The molecule has 110 valence electrons. The highest BCUT2D eigenvalue weighted by Crippen LogP contribution is 2.36. The molecule has 1 aromatic carbocycles. The predicted molar refractivity (Wildman–Crippen MR) is 74.4 cm³/mol. The first-order valence-electron chi connectivity index (χ1n) is 6.71. The van der Waals surface area contributed by atoms with Crippen molar-refractivity contribution in [1.82, 2.24) is 4.90 Å². The van der Waals surface area contributed by atoms with Crippen LogP contribution in [-0.4, -0.2) is 49.1 Å². The zero-order valence-corrected chi connectivity index (χ0v) is 11.9. The second-order valence-electron chi connectivity index (χ2n) is 5.08. The lowest BCUT2D eigenvalue weighted by Gasteiger charge is -2.51. The maximum atomic E-state index is 10.8. The van der Waals surface area contributed by atoms with Gasteiger partial charge in [0.05, 0.1) is 13.1 Å². The van der Waals surface area contributed by atoms with E-state index in [0.29, 0.717) is 19.5 Å². The second kappa shape index (κ2) is 6.35. The number of hydrogen-bond donors (Lipinski definition) is 1. The van der Waals surface area contributed by atoms with Crippen LogP contribution in [0.2, 0.25) is 0 Å². The van der Waals surface area contributed by atoms with Crippen LogP contribution in [0.5, 0.6) is 0 Å². The minimum Gasteiger partial charge on any atom is -0.481 e. The van der Waals surface area contributed by atoms with Crippen molar-refractivity contribution in [2.24, 2.45) is 0 Å². The molecule has 0 aliphatic carbocycles. The fraction of sp³-hybridized carbons (Fsp3) is 0.533. The molecule has 0 spiro atoms. The summed E-state index contributed by atoms with van der Waals surface area (Å²) in [5, 5.41) is 8.91. The lowest BCUT2D eigenvalue weighted by molar-refractivity contribution is -0.283. The number of carbonyl (C=O) groups is 1. The van der Waals surface area contributed by atoms with E-state index in [4.69, 9.17) is 14.6 Å². The Balaban J connectivity index is 2.07. The van der Waals surface area contributed by atoms with Crippen molar-refractivity contribution in [3.8, 4) is 0 Å². The zero-order valence-electron chi connectivity index (χ0n) is 11.9. The normalized spacial score (nSPS) is 19.3. The van der Waals surface area contributed by atoms with E-state index in [1.807, 2.05) is 30.3 Å². The fourth-order valence-electron chi connectivity index (χ4n) is 2.63. The SMILES string of the molecule is COC1(OC)CN(C(CCC(=O)O)c2ccccc2)C1. The summed E-state index contributed by atoms with van der Waals surface area (Å²) in [5.41, 5.74) is 1.13. The Morgan fingerprint density at radius 3 is 2.40 bits per heavy atom. The number of hydrogen-bond acceptors (Lipinski definition) is 4. The van der Waals surface area contributed by atoms with Crippen LogP contribution in [0, 0.1) is 0 Å². The number of ether oxygens (including phenoxy) is 2. The van der Waals surface area contributed by atoms with Crippen molar-refractivity contribution in [2.75, 3.05) is 27.3 Å². The van der Waals surface area contributed by atoms with E-state index in [0.717, 1.165) is 5.56 Å². The largest absolute Gasteiger partial charge is 0.481 e. The van der Waals surface area contributed by atoms with Gasteiger partial charge in [0.15, 0.2) is 5.79 Å². The number of likely N-dealkylation sites (tertiary alicyclic amines) is 1. The molecule has 5 heteroatoms. The van der Waals surface area contributed by atoms with Crippen molar-refractivity contribution in [2.45, 2.75) is 24.7 Å². The summed E-state index contributed by atoms with van der Waals surface area (Å²) in [6, 6.07) is 10.1. The molecule has 1 aliphatic rings. The van der Waals surface area contributed by atoms with Gasteiger partial charge in [-0.15, -0.1) is 0 Å². The Labute approximate surface area is 119 Å². The molecule has 0 aromatic heterocycles. The third-order valence-electron chi connectivity index (χ3n) is 3.89. The van der Waals surface area contributed by atoms with Gasteiger partial charge in [-0.1, -0.05) is 30.3 Å². The molecular formula is C15H21NO4. The lowest BCUT2D eigenvalue weighted by atomic mass is 9.95. The molecule has 0 bridgehead atoms. The maximum Gasteiger partial charge on any atom is 0.303 e. The molecule has 5 nitrogen and oxygen atoms in total. The van der Waals surface area contributed by atoms with Gasteiger partial charge >= 0.3 is 5.97 Å². The molecular weight excluding hydrogens is 258 g/mol. The van der Waals surface area contributed by atoms with E-state index >= 15 is 0 Å². The number of methoxy groups -OCH3 is 2. The summed E-state index contributed by atoms with van der Waals surface area (Å²) in [4.78, 5) is 13.0. The molecule has 1 heterocycles. The van der Waals surface area contributed by atoms with Crippen molar-refractivity contribution in [3.63, 3.8) is 0 Å². The van der Waals surface area contributed by atoms with Crippen LogP contribution in [-0.2, 0) is 14.3 Å². The van der Waals surface area contributed by atoms with Crippen LogP contribution in [0.3, 0.4) is 0 Å². The molecule has 2 rings (SSSR count). The van der Waals surface area contributed by atoms with E-state index in [1.54, 1.807) is 14.2 Å². The first kappa shape index (κ1) is 15.0. The molecule has 1 unspecified atom stereocenters. The maximum absolute atomic E-state index is 10.8. The van der Waals surface area contributed by atoms with E-state index < -0.39 is 11.8 Å². The molecule has 0 radical (unpaired) electrons. The Morgan fingerprint density at radius 1 is 1.30 bits per heavy atom. The van der Waals surface area contributed by atoms with Gasteiger partial charge in [-0.25, -0.2) is 0 Å². The van der Waals surface area contributed by atoms with Gasteiger partial charge in [0, 0.05) is 26.7 Å². The number of rotatable bonds is 7. The van der Waals surface area contributed by atoms with E-state index in [9.17, 15) is 4.79 Å². The lowest BCUT2D eigenvalue weighted by Crippen LogP contribution is -2.64. The van der Waals surface area contributed by atoms with Gasteiger partial charge in [-0.2, -0.15) is 0 Å². The Hall–Kier alpha value is -1.43. The topological polar surface area (TPSA) is 59.0 Å². The van der Waals surface area contributed by atoms with Gasteiger partial charge in [0.1, 0.15) is 0 Å². The number of nitrogens with zero attached hydrogens (tertiary/aromatic N) is 1. The van der Waals surface area contributed by atoms with Crippen LogP contribution in [0.4, 0.5) is 0 Å². The molecule has 1 aliphatic heterocycles. The Bertz CT molecular complexity index is 436. The number of carboxylic acid groups (broad SMARTS) is 1. The molecule has 0 saturated carbocycles. The van der Waals surface area contributed by atoms with Crippen molar-refractivity contribution in [3.05, 3.63) is 35.9 Å². The van der Waals surface area contributed by atoms with Crippen LogP contribution in [0.1, 0.15) is 24.4 Å². The molecule has 0 amide bonds.